The molecule has 1 fully saturated rings. The molecule has 144 valence electrons. The molecule has 0 spiro atoms. The SMILES string of the molecule is O=C(CO)c1ccc2c(C3CCCCC3)c3n(c2c1)CCOc1ccccc1-3. The van der Waals surface area contributed by atoms with Crippen molar-refractivity contribution in [3.63, 3.8) is 0 Å². The summed E-state index contributed by atoms with van der Waals surface area (Å²) in [5, 5.41) is 10.6. The van der Waals surface area contributed by atoms with Gasteiger partial charge in [-0.2, -0.15) is 0 Å². The fraction of sp³-hybridized carbons (Fsp3) is 0.375. The van der Waals surface area contributed by atoms with Crippen LogP contribution >= 0.6 is 0 Å². The second-order valence-corrected chi connectivity index (χ2v) is 7.91. The van der Waals surface area contributed by atoms with Crippen LogP contribution in [0.25, 0.3) is 22.2 Å². The highest BCUT2D eigenvalue weighted by Gasteiger charge is 2.29. The van der Waals surface area contributed by atoms with Gasteiger partial charge in [0.15, 0.2) is 5.78 Å². The number of benzene rings is 2. The van der Waals surface area contributed by atoms with Gasteiger partial charge in [-0.15, -0.1) is 0 Å². The maximum absolute atomic E-state index is 12.1. The van der Waals surface area contributed by atoms with Crippen LogP contribution in [0.5, 0.6) is 5.75 Å². The number of carbonyl (C=O) groups excluding carboxylic acids is 1. The van der Waals surface area contributed by atoms with Gasteiger partial charge in [-0.1, -0.05) is 43.5 Å². The quantitative estimate of drug-likeness (QED) is 0.661. The fourth-order valence-corrected chi connectivity index (χ4v) is 5.00. The number of ketones is 1. The average molecular weight is 375 g/mol. The number of aliphatic hydroxyl groups is 1. The van der Waals surface area contributed by atoms with Crippen molar-refractivity contribution in [3.05, 3.63) is 53.6 Å². The Balaban J connectivity index is 1.81. The Bertz CT molecular complexity index is 1040. The largest absolute Gasteiger partial charge is 0.491 e. The highest BCUT2D eigenvalue weighted by molar-refractivity contribution is 6.02. The molecule has 1 aromatic heterocycles. The van der Waals surface area contributed by atoms with Gasteiger partial charge in [0.1, 0.15) is 19.0 Å². The van der Waals surface area contributed by atoms with Gasteiger partial charge in [-0.3, -0.25) is 4.79 Å². The Kier molecular flexibility index (Phi) is 4.44. The monoisotopic (exact) mass is 375 g/mol. The van der Waals surface area contributed by atoms with Gasteiger partial charge in [0.2, 0.25) is 0 Å². The maximum Gasteiger partial charge on any atom is 0.188 e. The molecule has 0 unspecified atom stereocenters. The molecule has 28 heavy (non-hydrogen) atoms. The molecule has 0 atom stereocenters. The molecule has 3 aromatic rings. The Hall–Kier alpha value is -2.59. The zero-order valence-electron chi connectivity index (χ0n) is 16.0. The van der Waals surface area contributed by atoms with Crippen molar-refractivity contribution >= 4 is 16.7 Å². The molecule has 1 aliphatic carbocycles. The van der Waals surface area contributed by atoms with Crippen molar-refractivity contribution in [1.82, 2.24) is 4.57 Å². The lowest BCUT2D eigenvalue weighted by atomic mass is 9.81. The van der Waals surface area contributed by atoms with E-state index in [1.807, 2.05) is 24.3 Å². The van der Waals surface area contributed by atoms with E-state index in [4.69, 9.17) is 4.74 Å². The van der Waals surface area contributed by atoms with Crippen molar-refractivity contribution in [2.75, 3.05) is 13.2 Å². The average Bonchev–Trinajstić information content (AvgIpc) is 2.95. The minimum atomic E-state index is -0.458. The number of rotatable bonds is 3. The number of Topliss-reactive ketones (excluding diaryl/α,β-unsaturated/α-hetero) is 1. The van der Waals surface area contributed by atoms with Crippen molar-refractivity contribution in [3.8, 4) is 17.0 Å². The number of aromatic nitrogens is 1. The molecule has 5 rings (SSSR count). The van der Waals surface area contributed by atoms with E-state index in [0.29, 0.717) is 18.1 Å². The Morgan fingerprint density at radius 2 is 1.93 bits per heavy atom. The van der Waals surface area contributed by atoms with Crippen molar-refractivity contribution in [2.24, 2.45) is 0 Å². The summed E-state index contributed by atoms with van der Waals surface area (Å²) < 4.78 is 8.38. The van der Waals surface area contributed by atoms with Crippen LogP contribution in [0.3, 0.4) is 0 Å². The minimum absolute atomic E-state index is 0.234. The maximum atomic E-state index is 12.1. The van der Waals surface area contributed by atoms with E-state index in [1.165, 1.54) is 48.7 Å². The number of hydrogen-bond acceptors (Lipinski definition) is 3. The number of para-hydroxylation sites is 1. The van der Waals surface area contributed by atoms with Gasteiger partial charge in [0, 0.05) is 22.0 Å². The summed E-state index contributed by atoms with van der Waals surface area (Å²) in [7, 11) is 0. The van der Waals surface area contributed by atoms with Gasteiger partial charge in [-0.05, 0) is 42.5 Å². The molecular formula is C24H25NO3. The second-order valence-electron chi connectivity index (χ2n) is 7.91. The number of nitrogens with zero attached hydrogens (tertiary/aromatic N) is 1. The lowest BCUT2D eigenvalue weighted by Crippen LogP contribution is -2.08. The molecule has 0 radical (unpaired) electrons. The molecule has 2 aliphatic rings. The molecule has 0 saturated heterocycles. The zero-order valence-corrected chi connectivity index (χ0v) is 16.0. The second kappa shape index (κ2) is 7.10. The van der Waals surface area contributed by atoms with E-state index in [9.17, 15) is 9.90 Å². The zero-order chi connectivity index (χ0) is 19.1. The van der Waals surface area contributed by atoms with Crippen LogP contribution in [-0.4, -0.2) is 28.7 Å². The van der Waals surface area contributed by atoms with Gasteiger partial charge < -0.3 is 14.4 Å². The number of carbonyl (C=O) groups is 1. The molecule has 2 aromatic carbocycles. The molecule has 1 N–H and O–H groups in total. The molecule has 4 nitrogen and oxygen atoms in total. The first-order valence-electron chi connectivity index (χ1n) is 10.3. The van der Waals surface area contributed by atoms with E-state index in [1.54, 1.807) is 0 Å². The van der Waals surface area contributed by atoms with E-state index in [-0.39, 0.29) is 5.78 Å². The number of hydrogen-bond donors (Lipinski definition) is 1. The first-order valence-corrected chi connectivity index (χ1v) is 10.3. The summed E-state index contributed by atoms with van der Waals surface area (Å²) in [6.45, 7) is 0.903. The van der Waals surface area contributed by atoms with Crippen LogP contribution in [0, 0.1) is 0 Å². The summed E-state index contributed by atoms with van der Waals surface area (Å²) in [6, 6.07) is 14.2. The van der Waals surface area contributed by atoms with E-state index in [2.05, 4.69) is 22.8 Å². The minimum Gasteiger partial charge on any atom is -0.491 e. The normalized spacial score (nSPS) is 16.9. The van der Waals surface area contributed by atoms with Crippen LogP contribution in [-0.2, 0) is 6.54 Å². The van der Waals surface area contributed by atoms with E-state index >= 15 is 0 Å². The predicted octanol–water partition coefficient (Wildman–Crippen LogP) is 4.92. The van der Waals surface area contributed by atoms with Crippen LogP contribution in [0.1, 0.15) is 53.9 Å². The number of ether oxygens (including phenoxy) is 1. The van der Waals surface area contributed by atoms with Crippen LogP contribution in [0.4, 0.5) is 0 Å². The Morgan fingerprint density at radius 3 is 2.75 bits per heavy atom. The fourth-order valence-electron chi connectivity index (χ4n) is 5.00. The summed E-state index contributed by atoms with van der Waals surface area (Å²) in [4.78, 5) is 12.1. The third-order valence-electron chi connectivity index (χ3n) is 6.30. The summed E-state index contributed by atoms with van der Waals surface area (Å²) in [5.74, 6) is 1.24. The lowest BCUT2D eigenvalue weighted by molar-refractivity contribution is 0.0904. The van der Waals surface area contributed by atoms with Crippen LogP contribution < -0.4 is 4.74 Å². The first kappa shape index (κ1) is 17.5. The van der Waals surface area contributed by atoms with Crippen molar-refractivity contribution in [1.29, 1.82) is 0 Å². The van der Waals surface area contributed by atoms with Gasteiger partial charge >= 0.3 is 0 Å². The molecule has 0 bridgehead atoms. The topological polar surface area (TPSA) is 51.5 Å². The first-order chi connectivity index (χ1) is 13.8. The molecule has 4 heteroatoms. The van der Waals surface area contributed by atoms with Crippen molar-refractivity contribution in [2.45, 2.75) is 44.6 Å². The van der Waals surface area contributed by atoms with Gasteiger partial charge in [0.05, 0.1) is 12.2 Å². The van der Waals surface area contributed by atoms with E-state index < -0.39 is 6.61 Å². The van der Waals surface area contributed by atoms with E-state index in [0.717, 1.165) is 23.4 Å². The van der Waals surface area contributed by atoms with Gasteiger partial charge in [0.25, 0.3) is 0 Å². The van der Waals surface area contributed by atoms with Crippen LogP contribution in [0.15, 0.2) is 42.5 Å². The van der Waals surface area contributed by atoms with Gasteiger partial charge in [-0.25, -0.2) is 0 Å². The molecular weight excluding hydrogens is 350 g/mol. The lowest BCUT2D eigenvalue weighted by Gasteiger charge is -2.23. The smallest absolute Gasteiger partial charge is 0.188 e. The molecule has 2 heterocycles. The number of aliphatic hydroxyl groups excluding tert-OH is 1. The summed E-state index contributed by atoms with van der Waals surface area (Å²) in [5.41, 5.74) is 5.46. The predicted molar refractivity (Wildman–Crippen MR) is 110 cm³/mol. The summed E-state index contributed by atoms with van der Waals surface area (Å²) in [6.07, 6.45) is 6.30. The standard InChI is InChI=1S/C24H25NO3/c26-15-21(27)17-10-11-18-20(14-17)25-12-13-28-22-9-5-4-8-19(22)24(25)23(18)16-6-2-1-3-7-16/h4-5,8-11,14,16,26H,1-3,6-7,12-13,15H2. The number of fused-ring (bicyclic) bond motifs is 5. The highest BCUT2D eigenvalue weighted by Crippen LogP contribution is 2.47. The summed E-state index contributed by atoms with van der Waals surface area (Å²) >= 11 is 0. The molecule has 1 aliphatic heterocycles. The third kappa shape index (κ3) is 2.75. The molecule has 0 amide bonds. The molecule has 1 saturated carbocycles. The highest BCUT2D eigenvalue weighted by atomic mass is 16.5. The van der Waals surface area contributed by atoms with Crippen molar-refractivity contribution < 1.29 is 14.6 Å². The van der Waals surface area contributed by atoms with Crippen LogP contribution in [0.2, 0.25) is 0 Å². The Labute approximate surface area is 164 Å². The third-order valence-corrected chi connectivity index (χ3v) is 6.30. The Morgan fingerprint density at radius 1 is 1.11 bits per heavy atom.